The fourth-order valence-corrected chi connectivity index (χ4v) is 1.83. The number of benzene rings is 1. The smallest absolute Gasteiger partial charge is 0.390 e. The van der Waals surface area contributed by atoms with E-state index in [1.165, 1.54) is 6.07 Å². The topological polar surface area (TPSA) is 103 Å². The molecule has 104 valence electrons. The highest BCUT2D eigenvalue weighted by Gasteiger charge is 2.15. The molecule has 0 atom stereocenters. The molecule has 1 aromatic heterocycles. The van der Waals surface area contributed by atoms with Gasteiger partial charge >= 0.3 is 5.95 Å². The Hall–Kier alpha value is -2.19. The summed E-state index contributed by atoms with van der Waals surface area (Å²) in [5.74, 6) is -1.02. The third-order valence-corrected chi connectivity index (χ3v) is 2.75. The number of carbonyl (C=O) groups excluding carboxylic acids is 1. The van der Waals surface area contributed by atoms with Crippen LogP contribution in [0.5, 0.6) is 0 Å². The van der Waals surface area contributed by atoms with E-state index in [0.717, 1.165) is 11.0 Å². The predicted molar refractivity (Wildman–Crippen MR) is 71.8 cm³/mol. The van der Waals surface area contributed by atoms with Gasteiger partial charge in [-0.1, -0.05) is 28.2 Å². The van der Waals surface area contributed by atoms with Crippen LogP contribution in [0.15, 0.2) is 24.5 Å². The molecule has 2 rings (SSSR count). The first-order valence-electron chi connectivity index (χ1n) is 5.24. The summed E-state index contributed by atoms with van der Waals surface area (Å²) in [4.78, 5) is 24.8. The van der Waals surface area contributed by atoms with Gasteiger partial charge in [-0.05, 0) is 23.1 Å². The Morgan fingerprint density at radius 2 is 2.20 bits per heavy atom. The molecule has 1 N–H and O–H groups in total. The van der Waals surface area contributed by atoms with E-state index in [-0.39, 0.29) is 11.6 Å². The second kappa shape index (κ2) is 5.85. The quantitative estimate of drug-likeness (QED) is 0.687. The van der Waals surface area contributed by atoms with Crippen LogP contribution in [-0.2, 0) is 11.3 Å². The van der Waals surface area contributed by atoms with Gasteiger partial charge in [-0.25, -0.2) is 0 Å². The minimum atomic E-state index is -0.746. The van der Waals surface area contributed by atoms with Crippen molar-refractivity contribution in [1.82, 2.24) is 14.8 Å². The Bertz CT molecular complexity index is 673. The van der Waals surface area contributed by atoms with Gasteiger partial charge in [0, 0.05) is 10.1 Å². The fourth-order valence-electron chi connectivity index (χ4n) is 1.37. The molecule has 0 aliphatic carbocycles. The third-order valence-electron chi connectivity index (χ3n) is 2.20. The van der Waals surface area contributed by atoms with E-state index in [9.17, 15) is 14.9 Å². The molecule has 0 unspecified atom stereocenters. The average Bonchev–Trinajstić information content (AvgIpc) is 2.81. The van der Waals surface area contributed by atoms with Gasteiger partial charge in [-0.2, -0.15) is 4.68 Å². The van der Waals surface area contributed by atoms with Crippen molar-refractivity contribution < 1.29 is 9.72 Å². The van der Waals surface area contributed by atoms with Crippen LogP contribution < -0.4 is 5.32 Å². The number of halogens is 2. The molecule has 0 aliphatic heterocycles. The molecule has 0 aliphatic rings. The molecule has 0 bridgehead atoms. The van der Waals surface area contributed by atoms with Crippen LogP contribution in [-0.4, -0.2) is 25.6 Å². The van der Waals surface area contributed by atoms with E-state index in [1.54, 1.807) is 12.1 Å². The van der Waals surface area contributed by atoms with E-state index in [2.05, 4.69) is 15.4 Å². The van der Waals surface area contributed by atoms with E-state index >= 15 is 0 Å². The minimum absolute atomic E-state index is 0.222. The van der Waals surface area contributed by atoms with Crippen LogP contribution in [0.25, 0.3) is 0 Å². The fraction of sp³-hybridized carbons (Fsp3) is 0.100. The lowest BCUT2D eigenvalue weighted by molar-refractivity contribution is -0.394. The number of nitrogens with one attached hydrogen (secondary N) is 1. The lowest BCUT2D eigenvalue weighted by atomic mass is 10.3. The zero-order valence-electron chi connectivity index (χ0n) is 9.79. The second-order valence-electron chi connectivity index (χ2n) is 3.67. The van der Waals surface area contributed by atoms with Crippen LogP contribution in [0, 0.1) is 10.1 Å². The minimum Gasteiger partial charge on any atom is -0.390 e. The van der Waals surface area contributed by atoms with E-state index in [0.29, 0.717) is 10.7 Å². The van der Waals surface area contributed by atoms with Crippen molar-refractivity contribution in [2.75, 3.05) is 5.32 Å². The van der Waals surface area contributed by atoms with Gasteiger partial charge in [0.1, 0.15) is 6.54 Å². The van der Waals surface area contributed by atoms with E-state index < -0.39 is 16.8 Å². The molecule has 0 fully saturated rings. The number of nitro groups is 1. The molecule has 1 amide bonds. The monoisotopic (exact) mass is 315 g/mol. The summed E-state index contributed by atoms with van der Waals surface area (Å²) < 4.78 is 1.05. The Labute approximate surface area is 122 Å². The summed E-state index contributed by atoms with van der Waals surface area (Å²) in [7, 11) is 0. The van der Waals surface area contributed by atoms with Gasteiger partial charge in [0.25, 0.3) is 0 Å². The Morgan fingerprint density at radius 1 is 1.45 bits per heavy atom. The number of aromatic nitrogens is 3. The number of hydrogen-bond acceptors (Lipinski definition) is 5. The molecule has 10 heteroatoms. The van der Waals surface area contributed by atoms with Crippen molar-refractivity contribution in [3.05, 3.63) is 44.7 Å². The Morgan fingerprint density at radius 3 is 2.80 bits per heavy atom. The van der Waals surface area contributed by atoms with Crippen LogP contribution in [0.3, 0.4) is 0 Å². The van der Waals surface area contributed by atoms with Crippen LogP contribution >= 0.6 is 23.2 Å². The number of nitrogens with zero attached hydrogens (tertiary/aromatic N) is 4. The van der Waals surface area contributed by atoms with Crippen LogP contribution in [0.2, 0.25) is 10.0 Å². The van der Waals surface area contributed by atoms with Crippen molar-refractivity contribution in [1.29, 1.82) is 0 Å². The first-order chi connectivity index (χ1) is 9.45. The van der Waals surface area contributed by atoms with Crippen molar-refractivity contribution in [3.8, 4) is 0 Å². The number of rotatable bonds is 4. The molecular weight excluding hydrogens is 309 g/mol. The molecule has 8 nitrogen and oxygen atoms in total. The maximum Gasteiger partial charge on any atom is 0.490 e. The first kappa shape index (κ1) is 14.2. The molecule has 0 radical (unpaired) electrons. The van der Waals surface area contributed by atoms with Crippen molar-refractivity contribution in [2.24, 2.45) is 0 Å². The average molecular weight is 316 g/mol. The summed E-state index contributed by atoms with van der Waals surface area (Å²) in [6.07, 6.45) is 1.10. The zero-order valence-corrected chi connectivity index (χ0v) is 11.3. The van der Waals surface area contributed by atoms with Gasteiger partial charge in [0.15, 0.2) is 0 Å². The Kier molecular flexibility index (Phi) is 4.16. The molecular formula is C10H7Cl2N5O3. The molecule has 20 heavy (non-hydrogen) atoms. The highest BCUT2D eigenvalue weighted by atomic mass is 35.5. The van der Waals surface area contributed by atoms with E-state index in [4.69, 9.17) is 23.2 Å². The van der Waals surface area contributed by atoms with Gasteiger partial charge in [0.2, 0.25) is 12.2 Å². The summed E-state index contributed by atoms with van der Waals surface area (Å²) in [6.45, 7) is -0.222. The summed E-state index contributed by atoms with van der Waals surface area (Å²) in [5, 5.41) is 17.2. The van der Waals surface area contributed by atoms with Crippen molar-refractivity contribution in [3.63, 3.8) is 0 Å². The number of amides is 1. The number of carbonyl (C=O) groups is 1. The SMILES string of the molecule is O=C(Cn1cnc([N+](=O)[O-])n1)Nc1ccc(Cl)cc1Cl. The normalized spacial score (nSPS) is 10.3. The molecule has 1 aromatic carbocycles. The Balaban J connectivity index is 2.03. The molecule has 0 spiro atoms. The third kappa shape index (κ3) is 3.43. The van der Waals surface area contributed by atoms with E-state index in [1.807, 2.05) is 0 Å². The zero-order chi connectivity index (χ0) is 14.7. The van der Waals surface area contributed by atoms with Crippen LogP contribution in [0.1, 0.15) is 0 Å². The lowest BCUT2D eigenvalue weighted by Crippen LogP contribution is -2.19. The number of anilines is 1. The van der Waals surface area contributed by atoms with Crippen LogP contribution in [0.4, 0.5) is 11.6 Å². The predicted octanol–water partition coefficient (Wildman–Crippen LogP) is 2.13. The standard InChI is InChI=1S/C10H7Cl2N5O3/c11-6-1-2-8(7(12)3-6)14-9(18)4-16-5-13-10(15-16)17(19)20/h1-3,5H,4H2,(H,14,18). The maximum absolute atomic E-state index is 11.7. The number of hydrogen-bond donors (Lipinski definition) is 1. The molecule has 2 aromatic rings. The highest BCUT2D eigenvalue weighted by molar-refractivity contribution is 6.36. The molecule has 0 saturated carbocycles. The largest absolute Gasteiger partial charge is 0.490 e. The highest BCUT2D eigenvalue weighted by Crippen LogP contribution is 2.25. The van der Waals surface area contributed by atoms with Gasteiger partial charge in [-0.15, -0.1) is 0 Å². The van der Waals surface area contributed by atoms with Crippen molar-refractivity contribution >= 4 is 40.7 Å². The maximum atomic E-state index is 11.7. The lowest BCUT2D eigenvalue weighted by Gasteiger charge is -2.06. The summed E-state index contributed by atoms with van der Waals surface area (Å²) in [5.41, 5.74) is 0.385. The molecule has 1 heterocycles. The molecule has 0 saturated heterocycles. The van der Waals surface area contributed by atoms with Gasteiger partial charge in [-0.3, -0.25) is 4.79 Å². The van der Waals surface area contributed by atoms with Crippen molar-refractivity contribution in [2.45, 2.75) is 6.54 Å². The van der Waals surface area contributed by atoms with Gasteiger partial charge in [0.05, 0.1) is 10.7 Å². The van der Waals surface area contributed by atoms with Gasteiger partial charge < -0.3 is 15.4 Å². The second-order valence-corrected chi connectivity index (χ2v) is 4.52. The first-order valence-corrected chi connectivity index (χ1v) is 6.00. The summed E-state index contributed by atoms with van der Waals surface area (Å²) >= 11 is 11.6. The summed E-state index contributed by atoms with van der Waals surface area (Å²) in [6, 6.07) is 4.61.